The molecule has 2 aromatic carbocycles. The van der Waals surface area contributed by atoms with Crippen molar-refractivity contribution in [2.75, 3.05) is 64.7 Å². The van der Waals surface area contributed by atoms with Crippen LogP contribution >= 0.6 is 0 Å². The van der Waals surface area contributed by atoms with Crippen LogP contribution in [0.25, 0.3) is 32.9 Å². The SMILES string of the molecule is COc1nc(-c2cc(O)cc3cccc(F)c23)c(F)c2nc(OCC34CCCC3N(C3CC5(CCOCC5)C3)CCC4)nc(N3CCOCC(C)(O)C3)c12. The zero-order valence-electron chi connectivity index (χ0n) is 31.1. The molecule has 3 saturated heterocycles. The molecule has 2 aliphatic carbocycles. The minimum Gasteiger partial charge on any atom is -0.508 e. The van der Waals surface area contributed by atoms with Gasteiger partial charge in [0.15, 0.2) is 5.82 Å². The number of nitrogens with zero attached hydrogens (tertiary/aromatic N) is 5. The van der Waals surface area contributed by atoms with E-state index < -0.39 is 17.2 Å². The lowest BCUT2D eigenvalue weighted by molar-refractivity contribution is -0.112. The van der Waals surface area contributed by atoms with E-state index >= 15 is 8.78 Å². The topological polar surface area (TPSA) is 123 Å². The summed E-state index contributed by atoms with van der Waals surface area (Å²) in [7, 11) is 1.42. The highest BCUT2D eigenvalue weighted by Crippen LogP contribution is 2.56. The molecule has 3 unspecified atom stereocenters. The number of anilines is 1. The van der Waals surface area contributed by atoms with Gasteiger partial charge < -0.3 is 34.1 Å². The van der Waals surface area contributed by atoms with Gasteiger partial charge in [-0.05, 0) is 93.8 Å². The number of aliphatic hydroxyl groups is 1. The van der Waals surface area contributed by atoms with Crippen LogP contribution in [0.1, 0.15) is 64.7 Å². The zero-order valence-corrected chi connectivity index (χ0v) is 31.1. The molecule has 0 radical (unpaired) electrons. The molecule has 3 aliphatic heterocycles. The number of halogens is 2. The second-order valence-electron chi connectivity index (χ2n) is 16.7. The second kappa shape index (κ2) is 13.7. The van der Waals surface area contributed by atoms with Crippen molar-refractivity contribution < 1.29 is 37.9 Å². The molecule has 2 N–H and O–H groups in total. The van der Waals surface area contributed by atoms with Crippen LogP contribution in [-0.2, 0) is 9.47 Å². The molecule has 2 saturated carbocycles. The number of aromatic hydroxyl groups is 1. The number of hydrogen-bond donors (Lipinski definition) is 2. The summed E-state index contributed by atoms with van der Waals surface area (Å²) in [6.07, 6.45) is 10.2. The minimum atomic E-state index is -1.22. The number of β-amino-alcohol motifs (C(OH)–C–C–N with tert-alkyl or cyclic N) is 1. The Morgan fingerprint density at radius 3 is 2.59 bits per heavy atom. The number of aromatic nitrogens is 3. The van der Waals surface area contributed by atoms with E-state index in [4.69, 9.17) is 28.9 Å². The van der Waals surface area contributed by atoms with Crippen molar-refractivity contribution >= 4 is 27.5 Å². The van der Waals surface area contributed by atoms with Crippen LogP contribution in [0, 0.1) is 22.5 Å². The first-order chi connectivity index (χ1) is 26.1. The number of piperidine rings is 1. The number of phenolic OH excluding ortho intramolecular Hbond substituents is 1. The molecule has 3 atom stereocenters. The van der Waals surface area contributed by atoms with Crippen molar-refractivity contribution in [3.63, 3.8) is 0 Å². The average molecular weight is 746 g/mol. The maximum absolute atomic E-state index is 17.2. The van der Waals surface area contributed by atoms with Crippen molar-refractivity contribution in [3.05, 3.63) is 42.0 Å². The highest BCUT2D eigenvalue weighted by atomic mass is 19.1. The molecule has 1 spiro atoms. The van der Waals surface area contributed by atoms with Crippen molar-refractivity contribution in [1.82, 2.24) is 19.9 Å². The summed E-state index contributed by atoms with van der Waals surface area (Å²) < 4.78 is 56.4. The van der Waals surface area contributed by atoms with Gasteiger partial charge in [-0.25, -0.2) is 13.8 Å². The summed E-state index contributed by atoms with van der Waals surface area (Å²) in [6.45, 7) is 5.84. The van der Waals surface area contributed by atoms with Gasteiger partial charge in [-0.15, -0.1) is 0 Å². The molecule has 288 valence electrons. The fourth-order valence-electron chi connectivity index (χ4n) is 10.4. The third-order valence-corrected chi connectivity index (χ3v) is 13.0. The predicted octanol–water partition coefficient (Wildman–Crippen LogP) is 6.40. The summed E-state index contributed by atoms with van der Waals surface area (Å²) in [6, 6.07) is 8.17. The number of hydrogen-bond acceptors (Lipinski definition) is 11. The Hall–Kier alpha value is -3.91. The van der Waals surface area contributed by atoms with Crippen LogP contribution in [0.4, 0.5) is 14.6 Å². The third-order valence-electron chi connectivity index (χ3n) is 13.0. The fraction of sp³-hybridized carbons (Fsp3) is 0.585. The summed E-state index contributed by atoms with van der Waals surface area (Å²) in [4.78, 5) is 18.8. The summed E-state index contributed by atoms with van der Waals surface area (Å²) in [5.41, 5.74) is -1.15. The Morgan fingerprint density at radius 1 is 0.963 bits per heavy atom. The van der Waals surface area contributed by atoms with Gasteiger partial charge in [0.1, 0.15) is 39.6 Å². The predicted molar refractivity (Wildman–Crippen MR) is 199 cm³/mol. The Balaban J connectivity index is 1.11. The molecule has 13 heteroatoms. The molecule has 54 heavy (non-hydrogen) atoms. The Morgan fingerprint density at radius 2 is 1.78 bits per heavy atom. The maximum atomic E-state index is 17.2. The summed E-state index contributed by atoms with van der Waals surface area (Å²) >= 11 is 0. The molecule has 0 bridgehead atoms. The highest BCUT2D eigenvalue weighted by molar-refractivity contribution is 6.02. The number of pyridine rings is 1. The van der Waals surface area contributed by atoms with Gasteiger partial charge in [-0.1, -0.05) is 18.6 Å². The van der Waals surface area contributed by atoms with Crippen LogP contribution < -0.4 is 14.4 Å². The van der Waals surface area contributed by atoms with Gasteiger partial charge in [-0.3, -0.25) is 4.90 Å². The van der Waals surface area contributed by atoms with E-state index in [0.717, 1.165) is 64.7 Å². The Bertz CT molecular complexity index is 2070. The molecule has 0 amide bonds. The molecular weight excluding hydrogens is 696 g/mol. The zero-order chi connectivity index (χ0) is 37.2. The Labute approximate surface area is 313 Å². The third kappa shape index (κ3) is 6.21. The molecule has 9 rings (SSSR count). The monoisotopic (exact) mass is 745 g/mol. The van der Waals surface area contributed by atoms with Gasteiger partial charge in [0.25, 0.3) is 0 Å². The minimum absolute atomic E-state index is 0.00862. The van der Waals surface area contributed by atoms with Crippen LogP contribution in [0.5, 0.6) is 17.6 Å². The number of fused-ring (bicyclic) bond motifs is 3. The first-order valence-corrected chi connectivity index (χ1v) is 19.5. The molecule has 11 nitrogen and oxygen atoms in total. The maximum Gasteiger partial charge on any atom is 0.319 e. The van der Waals surface area contributed by atoms with Crippen LogP contribution in [0.15, 0.2) is 30.3 Å². The summed E-state index contributed by atoms with van der Waals surface area (Å²) in [5.74, 6) is -1.27. The normalized spacial score (nSPS) is 27.6. The molecule has 5 aliphatic rings. The Kier molecular flexibility index (Phi) is 9.06. The van der Waals surface area contributed by atoms with Gasteiger partial charge >= 0.3 is 6.01 Å². The van der Waals surface area contributed by atoms with E-state index in [9.17, 15) is 10.2 Å². The number of methoxy groups -OCH3 is 1. The van der Waals surface area contributed by atoms with Gasteiger partial charge in [0, 0.05) is 48.2 Å². The lowest BCUT2D eigenvalue weighted by Gasteiger charge is -2.58. The fourth-order valence-corrected chi connectivity index (χ4v) is 10.4. The van der Waals surface area contributed by atoms with Crippen molar-refractivity contribution in [3.8, 4) is 28.9 Å². The van der Waals surface area contributed by atoms with Crippen molar-refractivity contribution in [2.45, 2.75) is 82.4 Å². The number of benzene rings is 2. The van der Waals surface area contributed by atoms with E-state index in [1.165, 1.54) is 44.2 Å². The van der Waals surface area contributed by atoms with E-state index in [0.29, 0.717) is 48.5 Å². The smallest absolute Gasteiger partial charge is 0.319 e. The lowest BCUT2D eigenvalue weighted by Crippen LogP contribution is -2.61. The standard InChI is InChI=1S/C41H49F2N5O6/c1-39(50)22-47(14-17-53-23-39)36-32-35(33(43)34(44-37(32)51-2)28-19-27(49)18-25-6-3-7-29(42)31(25)28)45-38(46-36)54-24-41-9-4-8-30(41)48(13-5-10-41)26-20-40(21-26)11-15-52-16-12-40/h3,6-7,18-19,26,30,49-50H,4-5,8-17,20-24H2,1-2H3. The van der Waals surface area contributed by atoms with E-state index in [1.54, 1.807) is 13.0 Å². The quantitative estimate of drug-likeness (QED) is 0.219. The number of rotatable bonds is 7. The molecule has 2 aromatic heterocycles. The van der Waals surface area contributed by atoms with Crippen molar-refractivity contribution in [1.29, 1.82) is 0 Å². The molecule has 5 fully saturated rings. The van der Waals surface area contributed by atoms with E-state index in [-0.39, 0.29) is 63.8 Å². The van der Waals surface area contributed by atoms with Gasteiger partial charge in [-0.2, -0.15) is 9.97 Å². The van der Waals surface area contributed by atoms with Gasteiger partial charge in [0.2, 0.25) is 5.88 Å². The number of likely N-dealkylation sites (tertiary alicyclic amines) is 1. The second-order valence-corrected chi connectivity index (χ2v) is 16.7. The molecule has 5 heterocycles. The average Bonchev–Trinajstić information content (AvgIpc) is 3.50. The lowest BCUT2D eigenvalue weighted by atomic mass is 9.60. The first kappa shape index (κ1) is 35.8. The molecular formula is C41H49F2N5O6. The van der Waals surface area contributed by atoms with E-state index in [1.807, 2.05) is 4.90 Å². The van der Waals surface area contributed by atoms with Crippen LogP contribution in [0.3, 0.4) is 0 Å². The first-order valence-electron chi connectivity index (χ1n) is 19.5. The van der Waals surface area contributed by atoms with Crippen LogP contribution in [-0.4, -0.2) is 108 Å². The van der Waals surface area contributed by atoms with E-state index in [2.05, 4.69) is 9.88 Å². The van der Waals surface area contributed by atoms with Gasteiger partial charge in [0.05, 0.1) is 33.5 Å². The molecule has 4 aromatic rings. The number of phenols is 1. The highest BCUT2D eigenvalue weighted by Gasteiger charge is 2.55. The number of ether oxygens (including phenoxy) is 4. The largest absolute Gasteiger partial charge is 0.508 e. The summed E-state index contributed by atoms with van der Waals surface area (Å²) in [5, 5.41) is 22.5. The van der Waals surface area contributed by atoms with Crippen LogP contribution in [0.2, 0.25) is 0 Å². The van der Waals surface area contributed by atoms with Crippen molar-refractivity contribution in [2.24, 2.45) is 10.8 Å².